The first-order chi connectivity index (χ1) is 12.1. The molecule has 0 aromatic heterocycles. The molecule has 1 aliphatic heterocycles. The molecule has 1 aliphatic rings. The van der Waals surface area contributed by atoms with E-state index in [-0.39, 0.29) is 10.6 Å². The van der Waals surface area contributed by atoms with Crippen molar-refractivity contribution < 1.29 is 14.8 Å². The van der Waals surface area contributed by atoms with E-state index in [9.17, 15) is 15.2 Å². The number of ether oxygens (including phenoxy) is 1. The second-order valence-corrected chi connectivity index (χ2v) is 5.84. The number of nitrogens with zero attached hydrogens (tertiary/aromatic N) is 3. The number of phenolic OH excluding ortho intramolecular Hbond substituents is 1. The van der Waals surface area contributed by atoms with Crippen LogP contribution in [0.3, 0.4) is 0 Å². The van der Waals surface area contributed by atoms with Gasteiger partial charge in [0, 0.05) is 25.4 Å². The van der Waals surface area contributed by atoms with Crippen LogP contribution in [0.25, 0.3) is 0 Å². The minimum absolute atomic E-state index is 0.118. The Kier molecular flexibility index (Phi) is 5.16. The number of nitro groups is 1. The second kappa shape index (κ2) is 7.50. The summed E-state index contributed by atoms with van der Waals surface area (Å²) in [5, 5.41) is 21.2. The van der Waals surface area contributed by atoms with Gasteiger partial charge in [0.2, 0.25) is 5.75 Å². The molecule has 0 atom stereocenters. The van der Waals surface area contributed by atoms with Crippen LogP contribution in [0.15, 0.2) is 41.4 Å². The summed E-state index contributed by atoms with van der Waals surface area (Å²) in [4.78, 5) is 16.9. The molecule has 0 aliphatic carbocycles. The van der Waals surface area contributed by atoms with E-state index in [1.54, 1.807) is 0 Å². The number of hydrogen-bond acceptors (Lipinski definition) is 6. The number of morpholine rings is 1. The number of hydrogen-bond donors (Lipinski definition) is 1. The average Bonchev–Trinajstić information content (AvgIpc) is 2.62. The Bertz CT molecular complexity index is 820. The predicted octanol–water partition coefficient (Wildman–Crippen LogP) is 3.54. The highest BCUT2D eigenvalue weighted by Gasteiger charge is 2.19. The third-order valence-electron chi connectivity index (χ3n) is 3.91. The molecule has 0 bridgehead atoms. The fraction of sp³-hybridized carbons (Fsp3) is 0.235. The van der Waals surface area contributed by atoms with E-state index in [0.717, 1.165) is 24.8 Å². The minimum atomic E-state index is -0.662. The van der Waals surface area contributed by atoms with Crippen LogP contribution < -0.4 is 4.90 Å². The quantitative estimate of drug-likeness (QED) is 0.511. The van der Waals surface area contributed by atoms with Gasteiger partial charge in [-0.25, -0.2) is 0 Å². The predicted molar refractivity (Wildman–Crippen MR) is 96.5 cm³/mol. The van der Waals surface area contributed by atoms with Crippen molar-refractivity contribution in [1.82, 2.24) is 0 Å². The van der Waals surface area contributed by atoms with Gasteiger partial charge in [-0.1, -0.05) is 23.7 Å². The van der Waals surface area contributed by atoms with Gasteiger partial charge >= 0.3 is 5.69 Å². The van der Waals surface area contributed by atoms with Crippen molar-refractivity contribution in [1.29, 1.82) is 0 Å². The highest BCUT2D eigenvalue weighted by Crippen LogP contribution is 2.35. The molecule has 8 heteroatoms. The van der Waals surface area contributed by atoms with Gasteiger partial charge in [0.1, 0.15) is 0 Å². The van der Waals surface area contributed by atoms with Crippen LogP contribution in [0.5, 0.6) is 5.75 Å². The van der Waals surface area contributed by atoms with Gasteiger partial charge in [0.05, 0.1) is 40.1 Å². The standard InChI is InChI=1S/C17H16ClN3O4/c18-13-5-6-16(21(23)24)17(22)12(13)11-19-14-3-1-2-4-15(14)20-7-9-25-10-8-20/h1-6,11,22H,7-10H2. The first-order valence-electron chi connectivity index (χ1n) is 7.69. The molecule has 2 aromatic carbocycles. The summed E-state index contributed by atoms with van der Waals surface area (Å²) < 4.78 is 5.36. The normalized spacial score (nSPS) is 14.8. The van der Waals surface area contributed by atoms with E-state index in [1.807, 2.05) is 24.3 Å². The van der Waals surface area contributed by atoms with E-state index in [0.29, 0.717) is 18.9 Å². The largest absolute Gasteiger partial charge is 0.502 e. The van der Waals surface area contributed by atoms with Gasteiger partial charge in [-0.2, -0.15) is 0 Å². The molecule has 0 spiro atoms. The van der Waals surface area contributed by atoms with E-state index < -0.39 is 16.4 Å². The lowest BCUT2D eigenvalue weighted by atomic mass is 10.2. The lowest BCUT2D eigenvalue weighted by Crippen LogP contribution is -2.36. The molecule has 0 amide bonds. The van der Waals surface area contributed by atoms with Crippen LogP contribution in [0.4, 0.5) is 17.1 Å². The topological polar surface area (TPSA) is 88.2 Å². The van der Waals surface area contributed by atoms with Crippen molar-refractivity contribution in [2.24, 2.45) is 4.99 Å². The number of aromatic hydroxyl groups is 1. The van der Waals surface area contributed by atoms with Crippen molar-refractivity contribution >= 4 is 34.9 Å². The molecule has 0 unspecified atom stereocenters. The van der Waals surface area contributed by atoms with Gasteiger partial charge in [0.15, 0.2) is 0 Å². The van der Waals surface area contributed by atoms with E-state index in [2.05, 4.69) is 9.89 Å². The van der Waals surface area contributed by atoms with Crippen LogP contribution in [0.2, 0.25) is 5.02 Å². The monoisotopic (exact) mass is 361 g/mol. The van der Waals surface area contributed by atoms with Crippen LogP contribution >= 0.6 is 11.6 Å². The Labute approximate surface area is 149 Å². The lowest BCUT2D eigenvalue weighted by Gasteiger charge is -2.29. The summed E-state index contributed by atoms with van der Waals surface area (Å²) in [6, 6.07) is 10.1. The number of aliphatic imine (C=N–C) groups is 1. The fourth-order valence-electron chi connectivity index (χ4n) is 2.62. The maximum atomic E-state index is 11.0. The smallest absolute Gasteiger partial charge is 0.311 e. The summed E-state index contributed by atoms with van der Waals surface area (Å²) in [6.07, 6.45) is 1.35. The molecule has 3 rings (SSSR count). The maximum Gasteiger partial charge on any atom is 0.311 e. The van der Waals surface area contributed by atoms with E-state index in [4.69, 9.17) is 16.3 Å². The van der Waals surface area contributed by atoms with Gasteiger partial charge in [-0.3, -0.25) is 15.1 Å². The number of halogens is 1. The molecule has 2 aromatic rings. The molecule has 0 saturated carbocycles. The molecular weight excluding hydrogens is 346 g/mol. The zero-order chi connectivity index (χ0) is 17.8. The van der Waals surface area contributed by atoms with E-state index in [1.165, 1.54) is 12.3 Å². The molecule has 1 heterocycles. The molecule has 130 valence electrons. The molecule has 1 N–H and O–H groups in total. The molecule has 25 heavy (non-hydrogen) atoms. The van der Waals surface area contributed by atoms with Crippen LogP contribution in [0.1, 0.15) is 5.56 Å². The molecule has 1 fully saturated rings. The molecule has 7 nitrogen and oxygen atoms in total. The summed E-state index contributed by atoms with van der Waals surface area (Å²) in [6.45, 7) is 2.82. The van der Waals surface area contributed by atoms with Crippen molar-refractivity contribution in [2.45, 2.75) is 0 Å². The third kappa shape index (κ3) is 3.72. The van der Waals surface area contributed by atoms with Crippen LogP contribution in [-0.2, 0) is 4.74 Å². The molecule has 1 saturated heterocycles. The Balaban J connectivity index is 1.96. The van der Waals surface area contributed by atoms with Gasteiger partial charge < -0.3 is 14.7 Å². The van der Waals surface area contributed by atoms with Crippen molar-refractivity contribution in [2.75, 3.05) is 31.2 Å². The van der Waals surface area contributed by atoms with E-state index >= 15 is 0 Å². The van der Waals surface area contributed by atoms with Gasteiger partial charge in [0.25, 0.3) is 0 Å². The highest BCUT2D eigenvalue weighted by molar-refractivity contribution is 6.33. The average molecular weight is 362 g/mol. The summed E-state index contributed by atoms with van der Waals surface area (Å²) in [7, 11) is 0. The molecular formula is C17H16ClN3O4. The number of nitro benzene ring substituents is 1. The Morgan fingerprint density at radius 1 is 1.24 bits per heavy atom. The summed E-state index contributed by atoms with van der Waals surface area (Å²) in [5.74, 6) is -0.495. The fourth-order valence-corrected chi connectivity index (χ4v) is 2.82. The second-order valence-electron chi connectivity index (χ2n) is 5.43. The first-order valence-corrected chi connectivity index (χ1v) is 8.07. The molecule has 0 radical (unpaired) electrons. The van der Waals surface area contributed by atoms with Crippen molar-refractivity contribution in [3.63, 3.8) is 0 Å². The summed E-state index contributed by atoms with van der Waals surface area (Å²) >= 11 is 6.06. The zero-order valence-corrected chi connectivity index (χ0v) is 14.0. The summed E-state index contributed by atoms with van der Waals surface area (Å²) in [5.41, 5.74) is 1.33. The van der Waals surface area contributed by atoms with Crippen molar-refractivity contribution in [3.05, 3.63) is 57.1 Å². The van der Waals surface area contributed by atoms with Crippen molar-refractivity contribution in [3.8, 4) is 5.75 Å². The SMILES string of the molecule is O=[N+]([O-])c1ccc(Cl)c(C=Nc2ccccc2N2CCOCC2)c1O. The third-order valence-corrected chi connectivity index (χ3v) is 4.24. The number of anilines is 1. The first kappa shape index (κ1) is 17.2. The highest BCUT2D eigenvalue weighted by atomic mass is 35.5. The van der Waals surface area contributed by atoms with Gasteiger partial charge in [-0.15, -0.1) is 0 Å². The number of benzene rings is 2. The number of para-hydroxylation sites is 2. The van der Waals surface area contributed by atoms with Gasteiger partial charge in [-0.05, 0) is 18.2 Å². The number of phenols is 1. The Hall–Kier alpha value is -2.64. The lowest BCUT2D eigenvalue weighted by molar-refractivity contribution is -0.385. The Morgan fingerprint density at radius 3 is 2.68 bits per heavy atom. The van der Waals surface area contributed by atoms with Crippen LogP contribution in [0, 0.1) is 10.1 Å². The van der Waals surface area contributed by atoms with Crippen LogP contribution in [-0.4, -0.2) is 42.5 Å². The zero-order valence-electron chi connectivity index (χ0n) is 13.3. The maximum absolute atomic E-state index is 11.0. The number of rotatable bonds is 4. The minimum Gasteiger partial charge on any atom is -0.502 e. The Morgan fingerprint density at radius 2 is 1.96 bits per heavy atom.